The molecule has 1 aliphatic heterocycles. The summed E-state index contributed by atoms with van der Waals surface area (Å²) in [7, 11) is 0. The van der Waals surface area contributed by atoms with Gasteiger partial charge in [-0.05, 0) is 42.7 Å². The van der Waals surface area contributed by atoms with Crippen molar-refractivity contribution in [3.8, 4) is 5.75 Å². The van der Waals surface area contributed by atoms with Gasteiger partial charge in [0.1, 0.15) is 11.6 Å². The fraction of sp³-hybridized carbons (Fsp3) is 0.188. The van der Waals surface area contributed by atoms with Gasteiger partial charge in [0.2, 0.25) is 0 Å². The highest BCUT2D eigenvalue weighted by atomic mass is 35.5. The van der Waals surface area contributed by atoms with Crippen LogP contribution >= 0.6 is 11.6 Å². The van der Waals surface area contributed by atoms with E-state index >= 15 is 0 Å². The summed E-state index contributed by atoms with van der Waals surface area (Å²) in [6, 6.07) is 9.01. The summed E-state index contributed by atoms with van der Waals surface area (Å²) in [6.45, 7) is 0.440. The quantitative estimate of drug-likeness (QED) is 0.871. The highest BCUT2D eigenvalue weighted by Gasteiger charge is 2.27. The fourth-order valence-electron chi connectivity index (χ4n) is 2.64. The van der Waals surface area contributed by atoms with Crippen LogP contribution in [0.15, 0.2) is 36.4 Å². The number of carbonyl (C=O) groups excluding carboxylic acids is 1. The lowest BCUT2D eigenvalue weighted by atomic mass is 10.00. The van der Waals surface area contributed by atoms with Crippen LogP contribution in [0.5, 0.6) is 5.75 Å². The maximum Gasteiger partial charge on any atom is 0.261 e. The van der Waals surface area contributed by atoms with Crippen LogP contribution in [-0.4, -0.2) is 17.6 Å². The summed E-state index contributed by atoms with van der Waals surface area (Å²) < 4.78 is 13.9. The van der Waals surface area contributed by atoms with Gasteiger partial charge in [-0.2, -0.15) is 0 Å². The zero-order valence-corrected chi connectivity index (χ0v) is 11.9. The topological polar surface area (TPSA) is 40.5 Å². The van der Waals surface area contributed by atoms with E-state index in [1.807, 2.05) is 6.07 Å². The Hall–Kier alpha value is -2.07. The summed E-state index contributed by atoms with van der Waals surface area (Å²) in [5.41, 5.74) is 1.27. The summed E-state index contributed by atoms with van der Waals surface area (Å²) in [6.07, 6.45) is 1.55. The van der Waals surface area contributed by atoms with Crippen LogP contribution in [0, 0.1) is 5.82 Å². The van der Waals surface area contributed by atoms with Crippen molar-refractivity contribution in [2.75, 3.05) is 11.4 Å². The normalized spacial score (nSPS) is 13.9. The molecule has 5 heteroatoms. The Bertz CT molecular complexity index is 717. The van der Waals surface area contributed by atoms with E-state index in [-0.39, 0.29) is 11.3 Å². The molecule has 108 valence electrons. The van der Waals surface area contributed by atoms with E-state index in [4.69, 9.17) is 11.6 Å². The van der Waals surface area contributed by atoms with Gasteiger partial charge in [-0.25, -0.2) is 4.39 Å². The molecule has 0 bridgehead atoms. The third-order valence-corrected chi connectivity index (χ3v) is 3.84. The number of hydrogen-bond donors (Lipinski definition) is 1. The van der Waals surface area contributed by atoms with Gasteiger partial charge in [0.15, 0.2) is 0 Å². The number of aryl methyl sites for hydroxylation is 1. The van der Waals surface area contributed by atoms with Crippen LogP contribution in [0.3, 0.4) is 0 Å². The molecule has 0 radical (unpaired) electrons. The van der Waals surface area contributed by atoms with Crippen molar-refractivity contribution in [3.63, 3.8) is 0 Å². The first-order valence-electron chi connectivity index (χ1n) is 6.65. The monoisotopic (exact) mass is 305 g/mol. The van der Waals surface area contributed by atoms with Crippen molar-refractivity contribution < 1.29 is 14.3 Å². The zero-order chi connectivity index (χ0) is 15.0. The summed E-state index contributed by atoms with van der Waals surface area (Å²) >= 11 is 5.84. The number of hydrogen-bond acceptors (Lipinski definition) is 2. The van der Waals surface area contributed by atoms with E-state index in [1.54, 1.807) is 6.07 Å². The van der Waals surface area contributed by atoms with Gasteiger partial charge in [0.25, 0.3) is 5.91 Å². The van der Waals surface area contributed by atoms with Crippen molar-refractivity contribution in [3.05, 3.63) is 58.4 Å². The molecule has 0 aromatic heterocycles. The molecule has 1 amide bonds. The molecule has 1 aliphatic rings. The molecule has 0 spiro atoms. The van der Waals surface area contributed by atoms with Gasteiger partial charge in [-0.15, -0.1) is 0 Å². The highest BCUT2D eigenvalue weighted by molar-refractivity contribution is 6.31. The fourth-order valence-corrected chi connectivity index (χ4v) is 2.81. The van der Waals surface area contributed by atoms with Crippen LogP contribution in [-0.2, 0) is 6.42 Å². The number of anilines is 1. The molecule has 2 aromatic rings. The number of fused-ring (bicyclic) bond motifs is 1. The van der Waals surface area contributed by atoms with Gasteiger partial charge < -0.3 is 10.0 Å². The second kappa shape index (κ2) is 5.37. The van der Waals surface area contributed by atoms with Gasteiger partial charge in [-0.1, -0.05) is 23.7 Å². The minimum atomic E-state index is -0.619. The largest absolute Gasteiger partial charge is 0.506 e. The summed E-state index contributed by atoms with van der Waals surface area (Å²) in [4.78, 5) is 14.0. The molecule has 0 saturated carbocycles. The van der Waals surface area contributed by atoms with E-state index in [0.29, 0.717) is 17.3 Å². The molecule has 1 N–H and O–H groups in total. The smallest absolute Gasteiger partial charge is 0.261 e. The van der Waals surface area contributed by atoms with E-state index in [9.17, 15) is 14.3 Å². The Kier molecular flexibility index (Phi) is 3.55. The molecular weight excluding hydrogens is 293 g/mol. The van der Waals surface area contributed by atoms with Crippen LogP contribution < -0.4 is 4.90 Å². The average molecular weight is 306 g/mol. The van der Waals surface area contributed by atoms with Crippen molar-refractivity contribution in [2.24, 2.45) is 0 Å². The number of aromatic hydroxyl groups is 1. The predicted octanol–water partition coefficient (Wildman–Crippen LogP) is 3.78. The zero-order valence-electron chi connectivity index (χ0n) is 11.1. The van der Waals surface area contributed by atoms with E-state index in [2.05, 4.69) is 0 Å². The van der Waals surface area contributed by atoms with Gasteiger partial charge in [-0.3, -0.25) is 4.79 Å². The number of nitrogens with zero attached hydrogens (tertiary/aromatic N) is 1. The van der Waals surface area contributed by atoms with Crippen LogP contribution in [0.1, 0.15) is 22.3 Å². The number of benzene rings is 2. The van der Waals surface area contributed by atoms with Crippen molar-refractivity contribution in [1.29, 1.82) is 0 Å². The minimum Gasteiger partial charge on any atom is -0.506 e. The first kappa shape index (κ1) is 13.9. The van der Waals surface area contributed by atoms with Crippen LogP contribution in [0.2, 0.25) is 5.02 Å². The molecule has 3 nitrogen and oxygen atoms in total. The first-order chi connectivity index (χ1) is 10.1. The number of carbonyl (C=O) groups is 1. The van der Waals surface area contributed by atoms with Gasteiger partial charge >= 0.3 is 0 Å². The SMILES string of the molecule is O=C(c1cc(Cl)ccc1F)N1CCCc2cccc(O)c21. The molecule has 2 aromatic carbocycles. The summed E-state index contributed by atoms with van der Waals surface area (Å²) in [5, 5.41) is 10.3. The molecular formula is C16H13ClFNO2. The Morgan fingerprint density at radius 2 is 2.10 bits per heavy atom. The van der Waals surface area contributed by atoms with Crippen LogP contribution in [0.25, 0.3) is 0 Å². The van der Waals surface area contributed by atoms with Gasteiger partial charge in [0.05, 0.1) is 11.3 Å². The maximum absolute atomic E-state index is 13.9. The van der Waals surface area contributed by atoms with E-state index < -0.39 is 11.7 Å². The molecule has 0 fully saturated rings. The van der Waals surface area contributed by atoms with Crippen molar-refractivity contribution in [2.45, 2.75) is 12.8 Å². The number of phenolic OH excluding ortho intramolecular Hbond substituents is 1. The van der Waals surface area contributed by atoms with E-state index in [0.717, 1.165) is 18.4 Å². The first-order valence-corrected chi connectivity index (χ1v) is 7.03. The summed E-state index contributed by atoms with van der Waals surface area (Å²) in [5.74, 6) is -1.08. The number of rotatable bonds is 1. The second-order valence-corrected chi connectivity index (χ2v) is 5.41. The van der Waals surface area contributed by atoms with Crippen molar-refractivity contribution >= 4 is 23.2 Å². The van der Waals surface area contributed by atoms with Crippen LogP contribution in [0.4, 0.5) is 10.1 Å². The second-order valence-electron chi connectivity index (χ2n) is 4.97. The predicted molar refractivity (Wildman–Crippen MR) is 79.5 cm³/mol. The number of amides is 1. The third-order valence-electron chi connectivity index (χ3n) is 3.60. The lowest BCUT2D eigenvalue weighted by Crippen LogP contribution is -2.36. The Balaban J connectivity index is 2.06. The maximum atomic E-state index is 13.9. The molecule has 0 saturated heterocycles. The molecule has 0 atom stereocenters. The Morgan fingerprint density at radius 1 is 1.29 bits per heavy atom. The number of halogens is 2. The highest BCUT2D eigenvalue weighted by Crippen LogP contribution is 2.36. The molecule has 21 heavy (non-hydrogen) atoms. The molecule has 0 unspecified atom stereocenters. The third kappa shape index (κ3) is 2.47. The minimum absolute atomic E-state index is 0.0305. The van der Waals surface area contributed by atoms with Gasteiger partial charge in [0, 0.05) is 11.6 Å². The lowest BCUT2D eigenvalue weighted by molar-refractivity contribution is 0.0980. The molecule has 1 heterocycles. The average Bonchev–Trinajstić information content (AvgIpc) is 2.49. The number of para-hydroxylation sites is 1. The lowest BCUT2D eigenvalue weighted by Gasteiger charge is -2.30. The Labute approximate surface area is 126 Å². The molecule has 0 aliphatic carbocycles. The number of phenols is 1. The molecule has 3 rings (SSSR count). The Morgan fingerprint density at radius 3 is 2.90 bits per heavy atom. The van der Waals surface area contributed by atoms with E-state index in [1.165, 1.54) is 29.2 Å². The standard InChI is InChI=1S/C16H13ClFNO2/c17-11-6-7-13(18)12(9-11)16(21)19-8-2-4-10-3-1-5-14(20)15(10)19/h1,3,5-7,9,20H,2,4,8H2. The van der Waals surface area contributed by atoms with Crippen molar-refractivity contribution in [1.82, 2.24) is 0 Å².